The molecular weight excluding hydrogens is 268 g/mol. The molecule has 0 aliphatic carbocycles. The number of aryl methyl sites for hydroxylation is 1. The summed E-state index contributed by atoms with van der Waals surface area (Å²) < 4.78 is 0. The Labute approximate surface area is 126 Å². The summed E-state index contributed by atoms with van der Waals surface area (Å²) in [5.74, 6) is 0. The van der Waals surface area contributed by atoms with Gasteiger partial charge in [-0.15, -0.1) is 0 Å². The molecule has 3 heteroatoms. The van der Waals surface area contributed by atoms with E-state index in [1.54, 1.807) is 0 Å². The first-order valence-corrected chi connectivity index (χ1v) is 8.10. The Balaban J connectivity index is 1.82. The lowest BCUT2D eigenvalue weighted by molar-refractivity contribution is 0.587. The normalized spacial score (nSPS) is 11.1. The monoisotopic (exact) mass is 290 g/mol. The Bertz CT molecular complexity index is 540. The van der Waals surface area contributed by atoms with Crippen LogP contribution >= 0.6 is 11.6 Å². The van der Waals surface area contributed by atoms with Gasteiger partial charge in [0.25, 0.3) is 0 Å². The summed E-state index contributed by atoms with van der Waals surface area (Å²) >= 11 is 6.21. The number of nitrogens with zero attached hydrogens (tertiary/aromatic N) is 2. The van der Waals surface area contributed by atoms with Crippen molar-refractivity contribution in [1.29, 1.82) is 0 Å². The fourth-order valence-corrected chi connectivity index (χ4v) is 2.65. The van der Waals surface area contributed by atoms with E-state index in [4.69, 9.17) is 11.6 Å². The van der Waals surface area contributed by atoms with Gasteiger partial charge < -0.3 is 0 Å². The molecule has 1 aromatic heterocycles. The fraction of sp³-hybridized carbons (Fsp3) is 0.529. The second-order valence-electron chi connectivity index (χ2n) is 5.32. The summed E-state index contributed by atoms with van der Waals surface area (Å²) in [7, 11) is 0. The number of para-hydroxylation sites is 2. The van der Waals surface area contributed by atoms with Crippen LogP contribution in [0.2, 0.25) is 5.15 Å². The highest BCUT2D eigenvalue weighted by Gasteiger charge is 2.06. The Morgan fingerprint density at radius 1 is 0.850 bits per heavy atom. The lowest BCUT2D eigenvalue weighted by Crippen LogP contribution is -1.96. The van der Waals surface area contributed by atoms with Crippen LogP contribution < -0.4 is 0 Å². The van der Waals surface area contributed by atoms with Crippen molar-refractivity contribution in [2.24, 2.45) is 0 Å². The van der Waals surface area contributed by atoms with Crippen LogP contribution in [0.3, 0.4) is 0 Å². The van der Waals surface area contributed by atoms with Crippen molar-refractivity contribution >= 4 is 22.6 Å². The van der Waals surface area contributed by atoms with Crippen LogP contribution in [-0.4, -0.2) is 9.97 Å². The molecule has 0 N–H and O–H groups in total. The number of aromatic nitrogens is 2. The van der Waals surface area contributed by atoms with E-state index in [1.807, 2.05) is 24.3 Å². The molecule has 0 saturated heterocycles. The van der Waals surface area contributed by atoms with Crippen LogP contribution in [0.1, 0.15) is 57.6 Å². The van der Waals surface area contributed by atoms with Crippen molar-refractivity contribution in [1.82, 2.24) is 9.97 Å². The Hall–Kier alpha value is -1.15. The molecule has 0 amide bonds. The Morgan fingerprint density at radius 3 is 2.15 bits per heavy atom. The fourth-order valence-electron chi connectivity index (χ4n) is 2.42. The molecule has 108 valence electrons. The number of hydrogen-bond acceptors (Lipinski definition) is 2. The molecule has 1 heterocycles. The second-order valence-corrected chi connectivity index (χ2v) is 5.68. The third-order valence-corrected chi connectivity index (χ3v) is 3.91. The maximum Gasteiger partial charge on any atom is 0.151 e. The summed E-state index contributed by atoms with van der Waals surface area (Å²) in [5, 5.41) is 0.565. The predicted octanol–water partition coefficient (Wildman–Crippen LogP) is 5.58. The quantitative estimate of drug-likeness (QED) is 0.593. The van der Waals surface area contributed by atoms with E-state index >= 15 is 0 Å². The molecule has 20 heavy (non-hydrogen) atoms. The van der Waals surface area contributed by atoms with Crippen molar-refractivity contribution < 1.29 is 0 Å². The molecule has 2 nitrogen and oxygen atoms in total. The van der Waals surface area contributed by atoms with Crippen molar-refractivity contribution in [2.75, 3.05) is 0 Å². The summed E-state index contributed by atoms with van der Waals surface area (Å²) in [6, 6.07) is 7.89. The minimum absolute atomic E-state index is 0.565. The molecule has 2 aromatic rings. The molecule has 0 atom stereocenters. The summed E-state index contributed by atoms with van der Waals surface area (Å²) in [4.78, 5) is 9.05. The maximum atomic E-state index is 6.21. The molecule has 0 radical (unpaired) electrons. The van der Waals surface area contributed by atoms with E-state index < -0.39 is 0 Å². The van der Waals surface area contributed by atoms with Gasteiger partial charge >= 0.3 is 0 Å². The van der Waals surface area contributed by atoms with Gasteiger partial charge in [0.1, 0.15) is 0 Å². The number of halogens is 1. The van der Waals surface area contributed by atoms with Gasteiger partial charge in [0.05, 0.1) is 16.7 Å². The zero-order valence-corrected chi connectivity index (χ0v) is 13.0. The van der Waals surface area contributed by atoms with E-state index in [1.165, 1.54) is 38.5 Å². The van der Waals surface area contributed by atoms with Crippen molar-refractivity contribution in [3.63, 3.8) is 0 Å². The second kappa shape index (κ2) is 8.21. The van der Waals surface area contributed by atoms with Crippen molar-refractivity contribution in [2.45, 2.75) is 58.3 Å². The van der Waals surface area contributed by atoms with Gasteiger partial charge in [-0.05, 0) is 25.0 Å². The van der Waals surface area contributed by atoms with E-state index in [0.29, 0.717) is 5.15 Å². The predicted molar refractivity (Wildman–Crippen MR) is 86.2 cm³/mol. The summed E-state index contributed by atoms with van der Waals surface area (Å²) in [5.41, 5.74) is 2.76. The van der Waals surface area contributed by atoms with Crippen molar-refractivity contribution in [3.8, 4) is 0 Å². The summed E-state index contributed by atoms with van der Waals surface area (Å²) in [6.07, 6.45) is 10.1. The number of rotatable bonds is 8. The molecule has 0 aliphatic rings. The Morgan fingerprint density at radius 2 is 1.45 bits per heavy atom. The number of fused-ring (bicyclic) bond motifs is 1. The minimum atomic E-state index is 0.565. The average Bonchev–Trinajstić information content (AvgIpc) is 2.46. The maximum absolute atomic E-state index is 6.21. The molecule has 0 saturated carbocycles. The van der Waals surface area contributed by atoms with Gasteiger partial charge in [-0.1, -0.05) is 69.2 Å². The first-order chi connectivity index (χ1) is 9.81. The van der Waals surface area contributed by atoms with Crippen molar-refractivity contribution in [3.05, 3.63) is 35.1 Å². The average molecular weight is 291 g/mol. The topological polar surface area (TPSA) is 25.8 Å². The van der Waals surface area contributed by atoms with Crippen LogP contribution in [0.15, 0.2) is 24.3 Å². The van der Waals surface area contributed by atoms with E-state index in [0.717, 1.165) is 29.6 Å². The highest BCUT2D eigenvalue weighted by Crippen LogP contribution is 2.19. The zero-order chi connectivity index (χ0) is 14.2. The third kappa shape index (κ3) is 4.45. The van der Waals surface area contributed by atoms with Gasteiger partial charge in [-0.3, -0.25) is 0 Å². The zero-order valence-electron chi connectivity index (χ0n) is 12.2. The molecule has 2 rings (SSSR count). The molecule has 1 aromatic carbocycles. The lowest BCUT2D eigenvalue weighted by Gasteiger charge is -2.05. The van der Waals surface area contributed by atoms with Crippen LogP contribution in [0.25, 0.3) is 11.0 Å². The number of unbranched alkanes of at least 4 members (excludes halogenated alkanes) is 6. The largest absolute Gasteiger partial charge is 0.248 e. The highest BCUT2D eigenvalue weighted by atomic mass is 35.5. The molecule has 0 aliphatic heterocycles. The standard InChI is InChI=1S/C17H23ClN2/c1-2-3-4-5-6-7-8-13-16-17(18)20-15-12-10-9-11-14(15)19-16/h9-12H,2-8,13H2,1H3. The van der Waals surface area contributed by atoms with E-state index in [-0.39, 0.29) is 0 Å². The Kier molecular flexibility index (Phi) is 6.25. The first-order valence-electron chi connectivity index (χ1n) is 7.72. The van der Waals surface area contributed by atoms with Gasteiger partial charge in [0.15, 0.2) is 5.15 Å². The molecule has 0 fully saturated rings. The van der Waals surface area contributed by atoms with Crippen LogP contribution in [0.5, 0.6) is 0 Å². The van der Waals surface area contributed by atoms with Gasteiger partial charge in [0, 0.05) is 0 Å². The van der Waals surface area contributed by atoms with E-state index in [2.05, 4.69) is 16.9 Å². The summed E-state index contributed by atoms with van der Waals surface area (Å²) in [6.45, 7) is 2.25. The molecule has 0 unspecified atom stereocenters. The molecular formula is C17H23ClN2. The molecule has 0 bridgehead atoms. The van der Waals surface area contributed by atoms with Crippen LogP contribution in [-0.2, 0) is 6.42 Å². The number of benzene rings is 1. The SMILES string of the molecule is CCCCCCCCCc1nc2ccccc2nc1Cl. The molecule has 0 spiro atoms. The first kappa shape index (κ1) is 15.2. The van der Waals surface area contributed by atoms with Gasteiger partial charge in [-0.2, -0.15) is 0 Å². The van der Waals surface area contributed by atoms with Gasteiger partial charge in [0.2, 0.25) is 0 Å². The lowest BCUT2D eigenvalue weighted by atomic mass is 10.1. The van der Waals surface area contributed by atoms with E-state index in [9.17, 15) is 0 Å². The van der Waals surface area contributed by atoms with Crippen LogP contribution in [0.4, 0.5) is 0 Å². The number of hydrogen-bond donors (Lipinski definition) is 0. The van der Waals surface area contributed by atoms with Crippen LogP contribution in [0, 0.1) is 0 Å². The van der Waals surface area contributed by atoms with Gasteiger partial charge in [-0.25, -0.2) is 9.97 Å². The minimum Gasteiger partial charge on any atom is -0.248 e. The highest BCUT2D eigenvalue weighted by molar-refractivity contribution is 6.30. The smallest absolute Gasteiger partial charge is 0.151 e. The third-order valence-electron chi connectivity index (χ3n) is 3.61.